The number of H-pyrrole nitrogens is 1. The molecular weight excluding hydrogens is 238 g/mol. The van der Waals surface area contributed by atoms with Gasteiger partial charge in [-0.05, 0) is 29.5 Å². The summed E-state index contributed by atoms with van der Waals surface area (Å²) in [6, 6.07) is 6.53. The molecule has 102 valence electrons. The van der Waals surface area contributed by atoms with Gasteiger partial charge < -0.3 is 15.4 Å². The first-order chi connectivity index (χ1) is 8.93. The summed E-state index contributed by atoms with van der Waals surface area (Å²) in [7, 11) is 0. The van der Waals surface area contributed by atoms with Crippen LogP contribution in [0.2, 0.25) is 0 Å². The van der Waals surface area contributed by atoms with Crippen LogP contribution in [-0.2, 0) is 5.41 Å². The number of hydrogen-bond donors (Lipinski definition) is 3. The van der Waals surface area contributed by atoms with E-state index in [1.807, 2.05) is 0 Å². The third-order valence-corrected chi connectivity index (χ3v) is 3.80. The van der Waals surface area contributed by atoms with Gasteiger partial charge in [-0.3, -0.25) is 0 Å². The minimum atomic E-state index is -0.261. The zero-order valence-electron chi connectivity index (χ0n) is 11.7. The molecule has 1 aliphatic rings. The number of rotatable bonds is 1. The highest BCUT2D eigenvalue weighted by atomic mass is 16.3. The molecule has 0 unspecified atom stereocenters. The highest BCUT2D eigenvalue weighted by molar-refractivity contribution is 5.76. The fraction of sp³-hybridized carbons (Fsp3) is 0.533. The Balaban J connectivity index is 1.97. The van der Waals surface area contributed by atoms with E-state index in [2.05, 4.69) is 54.3 Å². The van der Waals surface area contributed by atoms with E-state index >= 15 is 0 Å². The number of aromatic amines is 1. The van der Waals surface area contributed by atoms with Gasteiger partial charge in [0.2, 0.25) is 0 Å². The maximum atomic E-state index is 9.58. The summed E-state index contributed by atoms with van der Waals surface area (Å²) in [5.41, 5.74) is 3.51. The number of fused-ring (bicyclic) bond motifs is 1. The monoisotopic (exact) mass is 259 g/mol. The SMILES string of the molecule is CC(C)(C)c1ccc2nc([C@H]3C[C@@H](O)CN3)[nH]c2c1. The van der Waals surface area contributed by atoms with Crippen molar-refractivity contribution in [1.29, 1.82) is 0 Å². The molecule has 2 atom stereocenters. The Bertz CT molecular complexity index is 597. The van der Waals surface area contributed by atoms with Crippen LogP contribution in [0.25, 0.3) is 11.0 Å². The van der Waals surface area contributed by atoms with Crippen molar-refractivity contribution in [2.24, 2.45) is 0 Å². The van der Waals surface area contributed by atoms with E-state index in [0.717, 1.165) is 23.3 Å². The molecule has 1 aromatic heterocycles. The molecule has 2 heterocycles. The summed E-state index contributed by atoms with van der Waals surface area (Å²) in [5, 5.41) is 12.9. The summed E-state index contributed by atoms with van der Waals surface area (Å²) in [5.74, 6) is 0.928. The molecule has 0 spiro atoms. The molecule has 0 radical (unpaired) electrons. The van der Waals surface area contributed by atoms with E-state index in [-0.39, 0.29) is 17.6 Å². The van der Waals surface area contributed by atoms with Gasteiger partial charge in [0.25, 0.3) is 0 Å². The lowest BCUT2D eigenvalue weighted by Gasteiger charge is -2.18. The lowest BCUT2D eigenvalue weighted by atomic mass is 9.87. The number of hydrogen-bond acceptors (Lipinski definition) is 3. The number of nitrogens with one attached hydrogen (secondary N) is 2. The normalized spacial score (nSPS) is 24.2. The van der Waals surface area contributed by atoms with Crippen molar-refractivity contribution in [2.75, 3.05) is 6.54 Å². The maximum Gasteiger partial charge on any atom is 0.124 e. The first-order valence-corrected chi connectivity index (χ1v) is 6.85. The van der Waals surface area contributed by atoms with Crippen LogP contribution in [0.1, 0.15) is 44.6 Å². The van der Waals surface area contributed by atoms with Crippen LogP contribution in [0.5, 0.6) is 0 Å². The molecule has 0 bridgehead atoms. The van der Waals surface area contributed by atoms with Crippen molar-refractivity contribution in [1.82, 2.24) is 15.3 Å². The van der Waals surface area contributed by atoms with Gasteiger partial charge in [-0.2, -0.15) is 0 Å². The van der Waals surface area contributed by atoms with E-state index in [0.29, 0.717) is 6.54 Å². The molecule has 2 aromatic rings. The van der Waals surface area contributed by atoms with E-state index in [1.165, 1.54) is 5.56 Å². The highest BCUT2D eigenvalue weighted by Gasteiger charge is 2.26. The van der Waals surface area contributed by atoms with Crippen LogP contribution >= 0.6 is 0 Å². The Kier molecular flexibility index (Phi) is 2.87. The van der Waals surface area contributed by atoms with Gasteiger partial charge in [-0.25, -0.2) is 4.98 Å². The molecular formula is C15H21N3O. The fourth-order valence-electron chi connectivity index (χ4n) is 2.59. The molecule has 0 amide bonds. The molecule has 1 aromatic carbocycles. The van der Waals surface area contributed by atoms with Gasteiger partial charge >= 0.3 is 0 Å². The third-order valence-electron chi connectivity index (χ3n) is 3.80. The number of aromatic nitrogens is 2. The molecule has 3 N–H and O–H groups in total. The fourth-order valence-corrected chi connectivity index (χ4v) is 2.59. The average molecular weight is 259 g/mol. The van der Waals surface area contributed by atoms with E-state index in [4.69, 9.17) is 0 Å². The summed E-state index contributed by atoms with van der Waals surface area (Å²) >= 11 is 0. The van der Waals surface area contributed by atoms with Crippen molar-refractivity contribution in [3.05, 3.63) is 29.6 Å². The number of nitrogens with zero attached hydrogens (tertiary/aromatic N) is 1. The number of aliphatic hydroxyl groups is 1. The second kappa shape index (κ2) is 4.32. The van der Waals surface area contributed by atoms with Crippen molar-refractivity contribution in [3.8, 4) is 0 Å². The largest absolute Gasteiger partial charge is 0.392 e. The molecule has 1 saturated heterocycles. The number of benzene rings is 1. The van der Waals surface area contributed by atoms with Crippen LogP contribution in [0.4, 0.5) is 0 Å². The quantitative estimate of drug-likeness (QED) is 0.736. The van der Waals surface area contributed by atoms with Crippen LogP contribution in [0.3, 0.4) is 0 Å². The second-order valence-electron chi connectivity index (χ2n) is 6.45. The first-order valence-electron chi connectivity index (χ1n) is 6.85. The summed E-state index contributed by atoms with van der Waals surface area (Å²) in [4.78, 5) is 8.01. The average Bonchev–Trinajstić information content (AvgIpc) is 2.92. The molecule has 3 rings (SSSR count). The molecule has 4 heteroatoms. The summed E-state index contributed by atoms with van der Waals surface area (Å²) in [6.45, 7) is 7.27. The predicted octanol–water partition coefficient (Wildman–Crippen LogP) is 2.26. The van der Waals surface area contributed by atoms with Crippen LogP contribution in [0.15, 0.2) is 18.2 Å². The van der Waals surface area contributed by atoms with Gasteiger partial charge in [0, 0.05) is 6.54 Å². The minimum Gasteiger partial charge on any atom is -0.392 e. The molecule has 1 aliphatic heterocycles. The smallest absolute Gasteiger partial charge is 0.124 e. The molecule has 19 heavy (non-hydrogen) atoms. The lowest BCUT2D eigenvalue weighted by molar-refractivity contribution is 0.193. The van der Waals surface area contributed by atoms with Crippen molar-refractivity contribution < 1.29 is 5.11 Å². The highest BCUT2D eigenvalue weighted by Crippen LogP contribution is 2.27. The predicted molar refractivity (Wildman–Crippen MR) is 76.2 cm³/mol. The van der Waals surface area contributed by atoms with Crippen molar-refractivity contribution in [2.45, 2.75) is 44.8 Å². The summed E-state index contributed by atoms with van der Waals surface area (Å²) in [6.07, 6.45) is 0.467. The zero-order valence-corrected chi connectivity index (χ0v) is 11.7. The zero-order chi connectivity index (χ0) is 13.6. The summed E-state index contributed by atoms with van der Waals surface area (Å²) < 4.78 is 0. The van der Waals surface area contributed by atoms with Crippen LogP contribution < -0.4 is 5.32 Å². The Morgan fingerprint density at radius 3 is 2.74 bits per heavy atom. The Labute approximate surface area is 113 Å². The molecule has 1 fully saturated rings. The van der Waals surface area contributed by atoms with E-state index in [1.54, 1.807) is 0 Å². The van der Waals surface area contributed by atoms with Gasteiger partial charge in [0.05, 0.1) is 23.2 Å². The van der Waals surface area contributed by atoms with Gasteiger partial charge in [0.15, 0.2) is 0 Å². The number of aliphatic hydroxyl groups excluding tert-OH is 1. The maximum absolute atomic E-state index is 9.58. The Hall–Kier alpha value is -1.39. The first kappa shape index (κ1) is 12.6. The van der Waals surface area contributed by atoms with E-state index in [9.17, 15) is 5.11 Å². The molecule has 0 saturated carbocycles. The third kappa shape index (κ3) is 2.38. The minimum absolute atomic E-state index is 0.139. The number of imidazole rings is 1. The van der Waals surface area contributed by atoms with Crippen molar-refractivity contribution in [3.63, 3.8) is 0 Å². The van der Waals surface area contributed by atoms with Gasteiger partial charge in [0.1, 0.15) is 5.82 Å². The van der Waals surface area contributed by atoms with Gasteiger partial charge in [-0.15, -0.1) is 0 Å². The van der Waals surface area contributed by atoms with Gasteiger partial charge in [-0.1, -0.05) is 26.8 Å². The topological polar surface area (TPSA) is 60.9 Å². The van der Waals surface area contributed by atoms with Crippen LogP contribution in [0, 0.1) is 0 Å². The Morgan fingerprint density at radius 2 is 2.11 bits per heavy atom. The lowest BCUT2D eigenvalue weighted by Crippen LogP contribution is -2.15. The molecule has 4 nitrogen and oxygen atoms in total. The Morgan fingerprint density at radius 1 is 1.32 bits per heavy atom. The second-order valence-corrected chi connectivity index (χ2v) is 6.45. The molecule has 0 aliphatic carbocycles. The standard InChI is InChI=1S/C15H21N3O/c1-15(2,3)9-4-5-11-12(6-9)18-14(17-11)13-7-10(19)8-16-13/h4-6,10,13,16,19H,7-8H2,1-3H3,(H,17,18)/t10-,13-/m1/s1. The number of β-amino-alcohol motifs (C(OH)–C–C–N with tert-alkyl or cyclic N) is 1. The van der Waals surface area contributed by atoms with Crippen LogP contribution in [-0.4, -0.2) is 27.7 Å². The van der Waals surface area contributed by atoms with Crippen molar-refractivity contribution >= 4 is 11.0 Å². The van der Waals surface area contributed by atoms with E-state index < -0.39 is 0 Å².